The SMILES string of the molecule is CN=C(NN)NCc1ccc(Br)o1. The summed E-state index contributed by atoms with van der Waals surface area (Å²) in [4.78, 5) is 3.84. The van der Waals surface area contributed by atoms with Crippen molar-refractivity contribution in [2.24, 2.45) is 10.8 Å². The predicted molar refractivity (Wildman–Crippen MR) is 53.9 cm³/mol. The molecule has 0 atom stereocenters. The van der Waals surface area contributed by atoms with Crippen molar-refractivity contribution in [2.45, 2.75) is 6.54 Å². The van der Waals surface area contributed by atoms with Crippen molar-refractivity contribution >= 4 is 21.9 Å². The lowest BCUT2D eigenvalue weighted by Crippen LogP contribution is -2.40. The number of hydrogen-bond acceptors (Lipinski definition) is 3. The molecule has 0 aliphatic carbocycles. The Morgan fingerprint density at radius 2 is 2.46 bits per heavy atom. The molecule has 0 aliphatic rings. The number of nitrogens with two attached hydrogens (primary N) is 1. The van der Waals surface area contributed by atoms with Crippen molar-refractivity contribution < 1.29 is 4.42 Å². The topological polar surface area (TPSA) is 75.6 Å². The first-order valence-corrected chi connectivity index (χ1v) is 4.47. The number of furan rings is 1. The molecule has 0 unspecified atom stereocenters. The Bertz CT molecular complexity index is 296. The van der Waals surface area contributed by atoms with Gasteiger partial charge in [0.1, 0.15) is 5.76 Å². The van der Waals surface area contributed by atoms with E-state index in [1.165, 1.54) is 0 Å². The van der Waals surface area contributed by atoms with Gasteiger partial charge < -0.3 is 9.73 Å². The fourth-order valence-electron chi connectivity index (χ4n) is 0.812. The van der Waals surface area contributed by atoms with E-state index in [9.17, 15) is 0 Å². The molecular weight excluding hydrogens is 236 g/mol. The third-order valence-corrected chi connectivity index (χ3v) is 1.85. The molecule has 0 aromatic carbocycles. The summed E-state index contributed by atoms with van der Waals surface area (Å²) in [5.41, 5.74) is 2.41. The maximum Gasteiger partial charge on any atom is 0.205 e. The number of guanidine groups is 1. The molecule has 1 rings (SSSR count). The maximum absolute atomic E-state index is 5.25. The lowest BCUT2D eigenvalue weighted by atomic mass is 10.4. The quantitative estimate of drug-likeness (QED) is 0.309. The molecule has 0 bridgehead atoms. The van der Waals surface area contributed by atoms with Crippen molar-refractivity contribution in [1.29, 1.82) is 0 Å². The van der Waals surface area contributed by atoms with Gasteiger partial charge in [0, 0.05) is 7.05 Å². The third kappa shape index (κ3) is 3.08. The molecule has 0 saturated carbocycles. The molecule has 0 saturated heterocycles. The van der Waals surface area contributed by atoms with Crippen LogP contribution in [0.4, 0.5) is 0 Å². The van der Waals surface area contributed by atoms with Crippen LogP contribution >= 0.6 is 15.9 Å². The van der Waals surface area contributed by atoms with Gasteiger partial charge in [0.15, 0.2) is 4.67 Å². The average Bonchev–Trinajstić information content (AvgIpc) is 2.53. The Morgan fingerprint density at radius 3 is 2.92 bits per heavy atom. The van der Waals surface area contributed by atoms with Crippen LogP contribution < -0.4 is 16.6 Å². The third-order valence-electron chi connectivity index (χ3n) is 1.42. The van der Waals surface area contributed by atoms with Crippen molar-refractivity contribution in [1.82, 2.24) is 10.7 Å². The lowest BCUT2D eigenvalue weighted by molar-refractivity contribution is 0.481. The zero-order valence-corrected chi connectivity index (χ0v) is 8.76. The van der Waals surface area contributed by atoms with Crippen LogP contribution in [0.1, 0.15) is 5.76 Å². The summed E-state index contributed by atoms with van der Waals surface area (Å²) in [6, 6.07) is 3.69. The van der Waals surface area contributed by atoms with E-state index < -0.39 is 0 Å². The second-order valence-corrected chi connectivity index (χ2v) is 3.06. The van der Waals surface area contributed by atoms with Crippen molar-refractivity contribution in [3.8, 4) is 0 Å². The first kappa shape index (κ1) is 10.1. The lowest BCUT2D eigenvalue weighted by Gasteiger charge is -2.05. The van der Waals surface area contributed by atoms with E-state index in [1.807, 2.05) is 12.1 Å². The van der Waals surface area contributed by atoms with Gasteiger partial charge in [-0.3, -0.25) is 10.4 Å². The Balaban J connectivity index is 2.43. The smallest absolute Gasteiger partial charge is 0.205 e. The molecule has 0 spiro atoms. The van der Waals surface area contributed by atoms with Gasteiger partial charge in [-0.05, 0) is 28.1 Å². The van der Waals surface area contributed by atoms with E-state index in [-0.39, 0.29) is 0 Å². The van der Waals surface area contributed by atoms with Crippen molar-refractivity contribution in [3.05, 3.63) is 22.6 Å². The fraction of sp³-hybridized carbons (Fsp3) is 0.286. The van der Waals surface area contributed by atoms with Gasteiger partial charge in [0.25, 0.3) is 0 Å². The summed E-state index contributed by atoms with van der Waals surface area (Å²) in [6.07, 6.45) is 0. The monoisotopic (exact) mass is 246 g/mol. The molecule has 0 aliphatic heterocycles. The summed E-state index contributed by atoms with van der Waals surface area (Å²) in [5, 5.41) is 2.95. The molecule has 0 amide bonds. The standard InChI is InChI=1S/C7H11BrN4O/c1-10-7(12-9)11-4-5-2-3-6(8)13-5/h2-3H,4,9H2,1H3,(H2,10,11,12). The summed E-state index contributed by atoms with van der Waals surface area (Å²) >= 11 is 3.21. The molecule has 13 heavy (non-hydrogen) atoms. The van der Waals surface area contributed by atoms with E-state index in [0.29, 0.717) is 17.2 Å². The minimum absolute atomic E-state index is 0.521. The second-order valence-electron chi connectivity index (χ2n) is 2.28. The normalized spacial score (nSPS) is 11.5. The minimum atomic E-state index is 0.521. The molecule has 1 aromatic heterocycles. The highest BCUT2D eigenvalue weighted by Crippen LogP contribution is 2.13. The van der Waals surface area contributed by atoms with Crippen LogP contribution in [-0.4, -0.2) is 13.0 Å². The minimum Gasteiger partial charge on any atom is -0.452 e. The van der Waals surface area contributed by atoms with Crippen LogP contribution in [0.25, 0.3) is 0 Å². The number of hydrazine groups is 1. The van der Waals surface area contributed by atoms with Gasteiger partial charge >= 0.3 is 0 Å². The van der Waals surface area contributed by atoms with Gasteiger partial charge in [-0.1, -0.05) is 0 Å². The molecule has 1 aromatic rings. The van der Waals surface area contributed by atoms with Gasteiger partial charge in [0.05, 0.1) is 6.54 Å². The summed E-state index contributed by atoms with van der Waals surface area (Å²) in [7, 11) is 1.64. The highest BCUT2D eigenvalue weighted by molar-refractivity contribution is 9.10. The molecule has 0 fully saturated rings. The van der Waals surface area contributed by atoms with Gasteiger partial charge in [-0.2, -0.15) is 0 Å². The molecule has 6 heteroatoms. The number of aliphatic imine (C=N–C) groups is 1. The highest BCUT2D eigenvalue weighted by Gasteiger charge is 1.99. The van der Waals surface area contributed by atoms with Gasteiger partial charge in [-0.15, -0.1) is 0 Å². The van der Waals surface area contributed by atoms with E-state index in [2.05, 4.69) is 31.7 Å². The predicted octanol–water partition coefficient (Wildman–Crippen LogP) is 0.581. The molecule has 5 nitrogen and oxygen atoms in total. The Hall–Kier alpha value is -1.01. The molecule has 72 valence electrons. The summed E-state index contributed by atoms with van der Waals surface area (Å²) < 4.78 is 5.96. The number of nitrogens with zero attached hydrogens (tertiary/aromatic N) is 1. The molecular formula is C7H11BrN4O. The maximum atomic E-state index is 5.25. The molecule has 1 heterocycles. The van der Waals surface area contributed by atoms with Crippen LogP contribution in [0.5, 0.6) is 0 Å². The number of rotatable bonds is 2. The highest BCUT2D eigenvalue weighted by atomic mass is 79.9. The average molecular weight is 247 g/mol. The molecule has 4 N–H and O–H groups in total. The first-order valence-electron chi connectivity index (χ1n) is 3.67. The van der Waals surface area contributed by atoms with Crippen LogP contribution in [0, 0.1) is 0 Å². The molecule has 0 radical (unpaired) electrons. The Labute approximate surface area is 84.5 Å². The fourth-order valence-corrected chi connectivity index (χ4v) is 1.15. The van der Waals surface area contributed by atoms with E-state index >= 15 is 0 Å². The largest absolute Gasteiger partial charge is 0.452 e. The summed E-state index contributed by atoms with van der Waals surface area (Å²) in [6.45, 7) is 0.544. The van der Waals surface area contributed by atoms with Crippen LogP contribution in [0.15, 0.2) is 26.2 Å². The van der Waals surface area contributed by atoms with Crippen LogP contribution in [0.3, 0.4) is 0 Å². The van der Waals surface area contributed by atoms with Gasteiger partial charge in [-0.25, -0.2) is 5.84 Å². The van der Waals surface area contributed by atoms with E-state index in [0.717, 1.165) is 5.76 Å². The van der Waals surface area contributed by atoms with E-state index in [1.54, 1.807) is 7.05 Å². The second kappa shape index (κ2) is 4.88. The first-order chi connectivity index (χ1) is 6.26. The Morgan fingerprint density at radius 1 is 1.69 bits per heavy atom. The number of nitrogens with one attached hydrogen (secondary N) is 2. The zero-order chi connectivity index (χ0) is 9.68. The van der Waals surface area contributed by atoms with E-state index in [4.69, 9.17) is 10.3 Å². The van der Waals surface area contributed by atoms with Crippen LogP contribution in [0.2, 0.25) is 0 Å². The van der Waals surface area contributed by atoms with Crippen LogP contribution in [-0.2, 0) is 6.54 Å². The van der Waals surface area contributed by atoms with Crippen molar-refractivity contribution in [3.63, 3.8) is 0 Å². The van der Waals surface area contributed by atoms with Crippen molar-refractivity contribution in [2.75, 3.05) is 7.05 Å². The number of hydrogen-bond donors (Lipinski definition) is 3. The van der Waals surface area contributed by atoms with Gasteiger partial charge in [0.2, 0.25) is 5.96 Å². The number of halogens is 1. The Kier molecular flexibility index (Phi) is 3.78. The summed E-state index contributed by atoms with van der Waals surface area (Å²) in [5.74, 6) is 6.50. The zero-order valence-electron chi connectivity index (χ0n) is 7.17.